The number of alkyl halides is 5. The Morgan fingerprint density at radius 1 is 1.19 bits per heavy atom. The number of aryl methyl sites for hydroxylation is 1. The molecule has 1 aliphatic carbocycles. The van der Waals surface area contributed by atoms with Crippen LogP contribution in [0.3, 0.4) is 0 Å². The van der Waals surface area contributed by atoms with Gasteiger partial charge in [-0.05, 0) is 68.6 Å². The van der Waals surface area contributed by atoms with Crippen LogP contribution in [-0.2, 0) is 12.6 Å². The third-order valence-corrected chi connectivity index (χ3v) is 7.46. The minimum Gasteiger partial charge on any atom is -0.349 e. The molecule has 2 aromatic heterocycles. The maximum absolute atomic E-state index is 13.8. The zero-order chi connectivity index (χ0) is 23.1. The Kier molecular flexibility index (Phi) is 6.44. The lowest BCUT2D eigenvalue weighted by Crippen LogP contribution is -2.37. The molecule has 0 spiro atoms. The molecule has 1 aliphatic heterocycles. The van der Waals surface area contributed by atoms with E-state index in [0.29, 0.717) is 5.69 Å². The number of imidazole rings is 1. The van der Waals surface area contributed by atoms with Gasteiger partial charge in [0.1, 0.15) is 5.65 Å². The first-order valence-electron chi connectivity index (χ1n) is 10.9. The van der Waals surface area contributed by atoms with E-state index < -0.39 is 17.8 Å². The van der Waals surface area contributed by atoms with Gasteiger partial charge in [-0.25, -0.2) is 13.8 Å². The number of nitrogens with one attached hydrogen (secondary N) is 1. The number of nitrogens with zero attached hydrogens (tertiary/aromatic N) is 2. The molecule has 0 radical (unpaired) electrons. The minimum absolute atomic E-state index is 0.0171. The Morgan fingerprint density at radius 3 is 2.47 bits per heavy atom. The summed E-state index contributed by atoms with van der Waals surface area (Å²) in [5.41, 5.74) is -0.226. The van der Waals surface area contributed by atoms with E-state index in [9.17, 15) is 26.7 Å². The van der Waals surface area contributed by atoms with Crippen molar-refractivity contribution in [3.05, 3.63) is 34.8 Å². The summed E-state index contributed by atoms with van der Waals surface area (Å²) >= 11 is 1.83. The summed E-state index contributed by atoms with van der Waals surface area (Å²) in [6.07, 6.45) is -3.18. The van der Waals surface area contributed by atoms with Gasteiger partial charge in [-0.1, -0.05) is 0 Å². The third kappa shape index (κ3) is 5.05. The molecule has 1 N–H and O–H groups in total. The average Bonchev–Trinajstić information content (AvgIpc) is 3.09. The SMILES string of the molecule is Cc1cc(C(=O)NC2CCSCC2)cc2nc(C(F)(F)F)c(CC3CCC(F)(F)CC3)n12. The van der Waals surface area contributed by atoms with E-state index in [-0.39, 0.29) is 66.9 Å². The number of hydrogen-bond acceptors (Lipinski definition) is 3. The van der Waals surface area contributed by atoms with Crippen molar-refractivity contribution in [2.24, 2.45) is 5.92 Å². The second-order valence-corrected chi connectivity index (χ2v) is 10.1. The number of carbonyl (C=O) groups excluding carboxylic acids is 1. The number of hydrogen-bond donors (Lipinski definition) is 1. The van der Waals surface area contributed by atoms with Crippen LogP contribution < -0.4 is 5.32 Å². The normalized spacial score (nSPS) is 20.6. The first kappa shape index (κ1) is 23.3. The molecule has 2 fully saturated rings. The Balaban J connectivity index is 1.64. The lowest BCUT2D eigenvalue weighted by atomic mass is 9.83. The molecule has 4 nitrogen and oxygen atoms in total. The predicted molar refractivity (Wildman–Crippen MR) is 113 cm³/mol. The smallest absolute Gasteiger partial charge is 0.349 e. The molecule has 1 amide bonds. The van der Waals surface area contributed by atoms with Crippen LogP contribution in [0.2, 0.25) is 0 Å². The van der Waals surface area contributed by atoms with Gasteiger partial charge in [0, 0.05) is 30.1 Å². The monoisotopic (exact) mass is 475 g/mol. The molecule has 0 atom stereocenters. The molecule has 1 saturated carbocycles. The second-order valence-electron chi connectivity index (χ2n) is 8.85. The van der Waals surface area contributed by atoms with Crippen LogP contribution in [0.15, 0.2) is 12.1 Å². The molecule has 0 unspecified atom stereocenters. The van der Waals surface area contributed by atoms with Crippen molar-refractivity contribution < 1.29 is 26.7 Å². The van der Waals surface area contributed by atoms with Crippen LogP contribution in [0.4, 0.5) is 22.0 Å². The summed E-state index contributed by atoms with van der Waals surface area (Å²) in [4.78, 5) is 16.6. The van der Waals surface area contributed by atoms with Gasteiger partial charge in [-0.2, -0.15) is 24.9 Å². The zero-order valence-electron chi connectivity index (χ0n) is 17.8. The second kappa shape index (κ2) is 8.83. The summed E-state index contributed by atoms with van der Waals surface area (Å²) in [7, 11) is 0. The van der Waals surface area contributed by atoms with Gasteiger partial charge >= 0.3 is 6.18 Å². The first-order chi connectivity index (χ1) is 15.0. The molecule has 10 heteroatoms. The molecule has 0 bridgehead atoms. The van der Waals surface area contributed by atoms with E-state index in [0.717, 1.165) is 24.3 Å². The van der Waals surface area contributed by atoms with Crippen molar-refractivity contribution in [3.63, 3.8) is 0 Å². The van der Waals surface area contributed by atoms with Crippen LogP contribution >= 0.6 is 11.8 Å². The molecular weight excluding hydrogens is 449 g/mol. The molecule has 3 heterocycles. The number of carbonyl (C=O) groups is 1. The fraction of sp³-hybridized carbons (Fsp3) is 0.636. The summed E-state index contributed by atoms with van der Waals surface area (Å²) in [6.45, 7) is 1.64. The average molecular weight is 476 g/mol. The highest BCUT2D eigenvalue weighted by molar-refractivity contribution is 7.99. The highest BCUT2D eigenvalue weighted by atomic mass is 32.2. The molecule has 2 aromatic rings. The fourth-order valence-corrected chi connectivity index (χ4v) is 5.77. The molecular formula is C22H26F5N3OS. The quantitative estimate of drug-likeness (QED) is 0.581. The standard InChI is InChI=1S/C22H26F5N3OS/c1-13-10-15(20(31)28-16-4-8-32-9-5-16)12-18-29-19(22(25,26)27)17(30(13)18)11-14-2-6-21(23,24)7-3-14/h10,12,14,16H,2-9,11H2,1H3,(H,28,31). The topological polar surface area (TPSA) is 46.4 Å². The molecule has 0 aromatic carbocycles. The van der Waals surface area contributed by atoms with Gasteiger partial charge in [0.05, 0.1) is 5.69 Å². The molecule has 2 aliphatic rings. The van der Waals surface area contributed by atoms with Crippen molar-refractivity contribution >= 4 is 23.3 Å². The minimum atomic E-state index is -4.67. The molecule has 176 valence electrons. The van der Waals surface area contributed by atoms with Crippen molar-refractivity contribution in [3.8, 4) is 0 Å². The van der Waals surface area contributed by atoms with Gasteiger partial charge in [0.2, 0.25) is 5.92 Å². The Bertz CT molecular complexity index is 988. The van der Waals surface area contributed by atoms with E-state index in [4.69, 9.17) is 0 Å². The zero-order valence-corrected chi connectivity index (χ0v) is 18.6. The van der Waals surface area contributed by atoms with Crippen LogP contribution in [0.25, 0.3) is 5.65 Å². The highest BCUT2D eigenvalue weighted by Gasteiger charge is 2.40. The van der Waals surface area contributed by atoms with Crippen LogP contribution in [0.1, 0.15) is 66.0 Å². The van der Waals surface area contributed by atoms with Gasteiger partial charge < -0.3 is 9.72 Å². The lowest BCUT2D eigenvalue weighted by Gasteiger charge is -2.28. The van der Waals surface area contributed by atoms with Gasteiger partial charge in [-0.3, -0.25) is 4.79 Å². The van der Waals surface area contributed by atoms with Crippen molar-refractivity contribution in [1.82, 2.24) is 14.7 Å². The van der Waals surface area contributed by atoms with Crippen LogP contribution in [-0.4, -0.2) is 38.8 Å². The van der Waals surface area contributed by atoms with E-state index in [2.05, 4.69) is 10.3 Å². The van der Waals surface area contributed by atoms with Crippen molar-refractivity contribution in [2.45, 2.75) is 70.0 Å². The van der Waals surface area contributed by atoms with Crippen molar-refractivity contribution in [1.29, 1.82) is 0 Å². The van der Waals surface area contributed by atoms with Gasteiger partial charge in [-0.15, -0.1) is 0 Å². The summed E-state index contributed by atoms with van der Waals surface area (Å²) in [5, 5.41) is 2.97. The maximum Gasteiger partial charge on any atom is 0.435 e. The van der Waals surface area contributed by atoms with Gasteiger partial charge in [0.25, 0.3) is 5.91 Å². The van der Waals surface area contributed by atoms with Crippen molar-refractivity contribution in [2.75, 3.05) is 11.5 Å². The number of thioether (sulfide) groups is 1. The number of rotatable bonds is 4. The van der Waals surface area contributed by atoms with Crippen LogP contribution in [0.5, 0.6) is 0 Å². The largest absolute Gasteiger partial charge is 0.435 e. The Morgan fingerprint density at radius 2 is 1.84 bits per heavy atom. The highest BCUT2D eigenvalue weighted by Crippen LogP contribution is 2.40. The van der Waals surface area contributed by atoms with E-state index >= 15 is 0 Å². The van der Waals surface area contributed by atoms with E-state index in [1.807, 2.05) is 11.8 Å². The summed E-state index contributed by atoms with van der Waals surface area (Å²) in [6, 6.07) is 3.01. The third-order valence-electron chi connectivity index (χ3n) is 6.41. The summed E-state index contributed by atoms with van der Waals surface area (Å²) < 4.78 is 69.8. The lowest BCUT2D eigenvalue weighted by molar-refractivity contribution is -0.141. The Hall–Kier alpha value is -1.84. The first-order valence-corrected chi connectivity index (χ1v) is 12.0. The fourth-order valence-electron chi connectivity index (χ4n) is 4.67. The summed E-state index contributed by atoms with van der Waals surface area (Å²) in [5.74, 6) is -1.39. The van der Waals surface area contributed by atoms with Gasteiger partial charge in [0.15, 0.2) is 5.69 Å². The molecule has 4 rings (SSSR count). The number of halogens is 5. The number of amides is 1. The number of pyridine rings is 1. The Labute approximate surface area is 187 Å². The maximum atomic E-state index is 13.8. The molecule has 1 saturated heterocycles. The van der Waals surface area contributed by atoms with E-state index in [1.54, 1.807) is 13.0 Å². The number of aromatic nitrogens is 2. The van der Waals surface area contributed by atoms with Crippen LogP contribution in [0, 0.1) is 12.8 Å². The number of fused-ring (bicyclic) bond motifs is 1. The predicted octanol–water partition coefficient (Wildman–Crippen LogP) is 5.65. The van der Waals surface area contributed by atoms with E-state index in [1.165, 1.54) is 10.5 Å². The molecule has 32 heavy (non-hydrogen) atoms.